The molecule has 0 bridgehead atoms. The number of nitrogens with two attached hydrogens (primary N) is 1. The van der Waals surface area contributed by atoms with E-state index in [1.165, 1.54) is 32.1 Å². The molecule has 0 amide bonds. The Morgan fingerprint density at radius 2 is 2.12 bits per heavy atom. The lowest BCUT2D eigenvalue weighted by molar-refractivity contribution is 0.148. The van der Waals surface area contributed by atoms with Crippen LogP contribution in [0.3, 0.4) is 0 Å². The van der Waals surface area contributed by atoms with E-state index in [0.717, 1.165) is 31.3 Å². The highest BCUT2D eigenvalue weighted by Gasteiger charge is 2.29. The summed E-state index contributed by atoms with van der Waals surface area (Å²) >= 11 is 0. The van der Waals surface area contributed by atoms with Gasteiger partial charge in [0.2, 0.25) is 0 Å². The van der Waals surface area contributed by atoms with Crippen LogP contribution in [0.15, 0.2) is 0 Å². The van der Waals surface area contributed by atoms with E-state index in [1.54, 1.807) is 7.11 Å². The van der Waals surface area contributed by atoms with Crippen molar-refractivity contribution in [2.45, 2.75) is 57.9 Å². The van der Waals surface area contributed by atoms with Gasteiger partial charge in [0, 0.05) is 19.8 Å². The van der Waals surface area contributed by atoms with Crippen molar-refractivity contribution in [3.63, 3.8) is 0 Å². The Morgan fingerprint density at radius 1 is 1.38 bits per heavy atom. The van der Waals surface area contributed by atoms with Crippen LogP contribution in [0.2, 0.25) is 0 Å². The standard InChI is InChI=1S/C13H28N2O/c1-3-11-7-4-5-8-12(11)13(15-14)9-6-10-16-2/h11-13,15H,3-10,14H2,1-2H3. The summed E-state index contributed by atoms with van der Waals surface area (Å²) in [5.74, 6) is 7.36. The van der Waals surface area contributed by atoms with Crippen molar-refractivity contribution in [1.29, 1.82) is 0 Å². The number of methoxy groups -OCH3 is 1. The van der Waals surface area contributed by atoms with Gasteiger partial charge in [-0.3, -0.25) is 11.3 Å². The lowest BCUT2D eigenvalue weighted by atomic mass is 9.73. The Morgan fingerprint density at radius 3 is 2.75 bits per heavy atom. The first-order valence-corrected chi connectivity index (χ1v) is 6.78. The van der Waals surface area contributed by atoms with Crippen LogP contribution in [-0.2, 0) is 4.74 Å². The molecule has 0 aromatic rings. The van der Waals surface area contributed by atoms with Crippen molar-refractivity contribution < 1.29 is 4.74 Å². The first kappa shape index (κ1) is 13.9. The summed E-state index contributed by atoms with van der Waals surface area (Å²) in [5.41, 5.74) is 3.04. The van der Waals surface area contributed by atoms with E-state index in [0.29, 0.717) is 6.04 Å². The average molecular weight is 228 g/mol. The van der Waals surface area contributed by atoms with Crippen LogP contribution in [0.1, 0.15) is 51.9 Å². The molecule has 16 heavy (non-hydrogen) atoms. The van der Waals surface area contributed by atoms with Gasteiger partial charge in [0.05, 0.1) is 0 Å². The first-order valence-electron chi connectivity index (χ1n) is 6.78. The average Bonchev–Trinajstić information content (AvgIpc) is 2.35. The number of nitrogens with one attached hydrogen (secondary N) is 1. The third-order valence-corrected chi connectivity index (χ3v) is 4.09. The van der Waals surface area contributed by atoms with Crippen LogP contribution < -0.4 is 11.3 Å². The van der Waals surface area contributed by atoms with Crippen molar-refractivity contribution in [2.75, 3.05) is 13.7 Å². The zero-order valence-corrected chi connectivity index (χ0v) is 10.9. The third-order valence-electron chi connectivity index (χ3n) is 4.09. The largest absolute Gasteiger partial charge is 0.385 e. The van der Waals surface area contributed by atoms with Crippen molar-refractivity contribution in [2.24, 2.45) is 17.7 Å². The predicted octanol–water partition coefficient (Wildman–Crippen LogP) is 2.46. The van der Waals surface area contributed by atoms with Gasteiger partial charge in [-0.15, -0.1) is 0 Å². The van der Waals surface area contributed by atoms with Crippen LogP contribution in [0.5, 0.6) is 0 Å². The molecule has 1 aliphatic carbocycles. The first-order chi connectivity index (χ1) is 7.83. The van der Waals surface area contributed by atoms with E-state index in [2.05, 4.69) is 12.3 Å². The van der Waals surface area contributed by atoms with Crippen LogP contribution >= 0.6 is 0 Å². The van der Waals surface area contributed by atoms with Crippen molar-refractivity contribution in [3.8, 4) is 0 Å². The zero-order valence-electron chi connectivity index (χ0n) is 10.9. The number of hydrogen-bond donors (Lipinski definition) is 2. The highest BCUT2D eigenvalue weighted by Crippen LogP contribution is 2.35. The van der Waals surface area contributed by atoms with E-state index < -0.39 is 0 Å². The predicted molar refractivity (Wildman–Crippen MR) is 68.0 cm³/mol. The van der Waals surface area contributed by atoms with Gasteiger partial charge in [-0.1, -0.05) is 32.6 Å². The monoisotopic (exact) mass is 228 g/mol. The van der Waals surface area contributed by atoms with Gasteiger partial charge in [-0.2, -0.15) is 0 Å². The summed E-state index contributed by atoms with van der Waals surface area (Å²) < 4.78 is 5.11. The smallest absolute Gasteiger partial charge is 0.0462 e. The molecule has 3 heteroatoms. The summed E-state index contributed by atoms with van der Waals surface area (Å²) in [5, 5.41) is 0. The summed E-state index contributed by atoms with van der Waals surface area (Å²) in [6.45, 7) is 3.16. The lowest BCUT2D eigenvalue weighted by Gasteiger charge is -2.36. The summed E-state index contributed by atoms with van der Waals surface area (Å²) in [7, 11) is 1.76. The SMILES string of the molecule is CCC1CCCCC1C(CCCOC)NN. The fourth-order valence-corrected chi connectivity index (χ4v) is 3.14. The molecule has 0 heterocycles. The highest BCUT2D eigenvalue weighted by molar-refractivity contribution is 4.83. The molecular weight excluding hydrogens is 200 g/mol. The second-order valence-corrected chi connectivity index (χ2v) is 5.02. The third kappa shape index (κ3) is 4.04. The zero-order chi connectivity index (χ0) is 11.8. The molecule has 3 N–H and O–H groups in total. The van der Waals surface area contributed by atoms with E-state index in [9.17, 15) is 0 Å². The molecule has 3 unspecified atom stereocenters. The van der Waals surface area contributed by atoms with E-state index >= 15 is 0 Å². The molecule has 3 atom stereocenters. The molecule has 0 aliphatic heterocycles. The molecular formula is C13H28N2O. The van der Waals surface area contributed by atoms with E-state index in [4.69, 9.17) is 10.6 Å². The minimum Gasteiger partial charge on any atom is -0.385 e. The molecule has 0 aromatic carbocycles. The van der Waals surface area contributed by atoms with E-state index in [1.807, 2.05) is 0 Å². The molecule has 0 saturated heterocycles. The van der Waals surface area contributed by atoms with Crippen LogP contribution in [0.4, 0.5) is 0 Å². The summed E-state index contributed by atoms with van der Waals surface area (Å²) in [4.78, 5) is 0. The topological polar surface area (TPSA) is 47.3 Å². The maximum Gasteiger partial charge on any atom is 0.0462 e. The molecule has 1 aliphatic rings. The normalized spacial score (nSPS) is 27.9. The molecule has 0 aromatic heterocycles. The Hall–Kier alpha value is -0.120. The summed E-state index contributed by atoms with van der Waals surface area (Å²) in [6.07, 6.45) is 9.08. The van der Waals surface area contributed by atoms with Gasteiger partial charge >= 0.3 is 0 Å². The van der Waals surface area contributed by atoms with E-state index in [-0.39, 0.29) is 0 Å². The van der Waals surface area contributed by atoms with Gasteiger partial charge in [0.15, 0.2) is 0 Å². The Kier molecular flexibility index (Phi) is 7.01. The number of hydrogen-bond acceptors (Lipinski definition) is 3. The molecule has 1 fully saturated rings. The Balaban J connectivity index is 2.41. The second kappa shape index (κ2) is 8.04. The molecule has 96 valence electrons. The number of rotatable bonds is 7. The quantitative estimate of drug-likeness (QED) is 0.400. The molecule has 3 nitrogen and oxygen atoms in total. The van der Waals surface area contributed by atoms with Gasteiger partial charge in [0.25, 0.3) is 0 Å². The highest BCUT2D eigenvalue weighted by atomic mass is 16.5. The second-order valence-electron chi connectivity index (χ2n) is 5.02. The van der Waals surface area contributed by atoms with Crippen molar-refractivity contribution in [3.05, 3.63) is 0 Å². The summed E-state index contributed by atoms with van der Waals surface area (Å²) in [6, 6.07) is 0.486. The molecule has 0 radical (unpaired) electrons. The Labute approximate surface area is 100 Å². The fourth-order valence-electron chi connectivity index (χ4n) is 3.14. The van der Waals surface area contributed by atoms with Gasteiger partial charge in [0.1, 0.15) is 0 Å². The van der Waals surface area contributed by atoms with Gasteiger partial charge in [-0.25, -0.2) is 0 Å². The van der Waals surface area contributed by atoms with Crippen molar-refractivity contribution >= 4 is 0 Å². The minimum atomic E-state index is 0.486. The maximum atomic E-state index is 5.71. The lowest BCUT2D eigenvalue weighted by Crippen LogP contribution is -2.44. The van der Waals surface area contributed by atoms with Gasteiger partial charge < -0.3 is 4.74 Å². The van der Waals surface area contributed by atoms with Crippen LogP contribution in [-0.4, -0.2) is 19.8 Å². The fraction of sp³-hybridized carbons (Fsp3) is 1.00. The van der Waals surface area contributed by atoms with Crippen LogP contribution in [0, 0.1) is 11.8 Å². The van der Waals surface area contributed by atoms with Crippen LogP contribution in [0.25, 0.3) is 0 Å². The minimum absolute atomic E-state index is 0.486. The number of hydrazine groups is 1. The maximum absolute atomic E-state index is 5.71. The molecule has 1 saturated carbocycles. The Bertz CT molecular complexity index is 175. The van der Waals surface area contributed by atoms with Crippen molar-refractivity contribution in [1.82, 2.24) is 5.43 Å². The number of ether oxygens (including phenoxy) is 1. The molecule has 1 rings (SSSR count). The van der Waals surface area contributed by atoms with Gasteiger partial charge in [-0.05, 0) is 31.1 Å². The molecule has 0 spiro atoms.